The van der Waals surface area contributed by atoms with Gasteiger partial charge in [-0.3, -0.25) is 0 Å². The Morgan fingerprint density at radius 3 is 1.52 bits per heavy atom. The summed E-state index contributed by atoms with van der Waals surface area (Å²) < 4.78 is 0. The summed E-state index contributed by atoms with van der Waals surface area (Å²) >= 11 is 0. The lowest BCUT2D eigenvalue weighted by Gasteiger charge is -2.28. The molecule has 2 amide bonds. The van der Waals surface area contributed by atoms with Gasteiger partial charge in [0, 0.05) is 13.6 Å². The average Bonchev–Trinajstić information content (AvgIpc) is 2.81. The number of rotatable bonds is 22. The van der Waals surface area contributed by atoms with Crippen molar-refractivity contribution in [1.29, 1.82) is 0 Å². The Hall–Kier alpha value is -0.930. The van der Waals surface area contributed by atoms with Crippen LogP contribution in [0.1, 0.15) is 103 Å². The smallest absolute Gasteiger partial charge is 0.317 e. The van der Waals surface area contributed by atoms with Gasteiger partial charge in [-0.15, -0.1) is 0 Å². The summed E-state index contributed by atoms with van der Waals surface area (Å²) in [6.45, 7) is 1.86. The number of carbonyl (C=O) groups excluding carboxylic acids is 1. The minimum absolute atomic E-state index is 0.207. The van der Waals surface area contributed by atoms with E-state index in [-0.39, 0.29) is 12.6 Å². The number of aliphatic hydroxyl groups is 5. The fourth-order valence-electron chi connectivity index (χ4n) is 3.86. The van der Waals surface area contributed by atoms with E-state index < -0.39 is 31.0 Å². The number of unbranched alkanes of at least 4 members (excludes halogenated alkanes) is 14. The third kappa shape index (κ3) is 17.2. The zero-order valence-electron chi connectivity index (χ0n) is 21.1. The SMILES string of the molecule is CCCCCCCCCCCCCCCCCNC(=O)N(C)CC(O)C(O)C(O)C(O)CO. The molecule has 0 aliphatic carbocycles. The Kier molecular flexibility index (Phi) is 21.0. The molecule has 4 atom stereocenters. The minimum atomic E-state index is -1.69. The van der Waals surface area contributed by atoms with Crippen molar-refractivity contribution in [1.82, 2.24) is 10.2 Å². The molecule has 0 saturated carbocycles. The largest absolute Gasteiger partial charge is 0.394 e. The van der Waals surface area contributed by atoms with Gasteiger partial charge in [-0.1, -0.05) is 96.8 Å². The molecule has 0 aromatic heterocycles. The standard InChI is InChI=1S/C25H52N2O6/c1-3-4-5-6-7-8-9-10-11-12-13-14-15-16-17-18-26-25(33)27(2)19-21(29)23(31)24(32)22(30)20-28/h21-24,28-32H,3-20H2,1-2H3,(H,26,33). The molecule has 8 heteroatoms. The van der Waals surface area contributed by atoms with Crippen LogP contribution >= 0.6 is 0 Å². The molecule has 0 aromatic rings. The predicted molar refractivity (Wildman–Crippen MR) is 132 cm³/mol. The molecular weight excluding hydrogens is 424 g/mol. The molecule has 0 aliphatic heterocycles. The first-order valence-electron chi connectivity index (χ1n) is 13.2. The first kappa shape index (κ1) is 32.1. The maximum Gasteiger partial charge on any atom is 0.317 e. The second-order valence-corrected chi connectivity index (χ2v) is 9.36. The Morgan fingerprint density at radius 1 is 0.697 bits per heavy atom. The van der Waals surface area contributed by atoms with Gasteiger partial charge in [0.2, 0.25) is 0 Å². The molecular formula is C25H52N2O6. The number of nitrogens with zero attached hydrogens (tertiary/aromatic N) is 1. The van der Waals surface area contributed by atoms with E-state index in [0.29, 0.717) is 6.54 Å². The van der Waals surface area contributed by atoms with Gasteiger partial charge in [-0.2, -0.15) is 0 Å². The molecule has 0 aromatic carbocycles. The summed E-state index contributed by atoms with van der Waals surface area (Å²) in [7, 11) is 1.48. The van der Waals surface area contributed by atoms with Gasteiger partial charge in [0.25, 0.3) is 0 Å². The minimum Gasteiger partial charge on any atom is -0.394 e. The fourth-order valence-corrected chi connectivity index (χ4v) is 3.86. The number of likely N-dealkylation sites (N-methyl/N-ethyl adjacent to an activating group) is 1. The fraction of sp³-hybridized carbons (Fsp3) is 0.960. The van der Waals surface area contributed by atoms with E-state index in [1.54, 1.807) is 0 Å². The predicted octanol–water partition coefficient (Wildman–Crippen LogP) is 2.94. The van der Waals surface area contributed by atoms with Crippen molar-refractivity contribution in [3.63, 3.8) is 0 Å². The Labute approximate surface area is 201 Å². The first-order valence-corrected chi connectivity index (χ1v) is 13.2. The van der Waals surface area contributed by atoms with E-state index in [0.717, 1.165) is 12.8 Å². The molecule has 33 heavy (non-hydrogen) atoms. The summed E-state index contributed by atoms with van der Waals surface area (Å²) in [6.07, 6.45) is 12.9. The molecule has 0 fully saturated rings. The number of carbonyl (C=O) groups is 1. The number of amides is 2. The third-order valence-electron chi connectivity index (χ3n) is 6.19. The van der Waals surface area contributed by atoms with Gasteiger partial charge in [-0.05, 0) is 6.42 Å². The lowest BCUT2D eigenvalue weighted by molar-refractivity contribution is -0.117. The topological polar surface area (TPSA) is 133 Å². The average molecular weight is 477 g/mol. The maximum atomic E-state index is 12.1. The highest BCUT2D eigenvalue weighted by molar-refractivity contribution is 5.73. The van der Waals surface area contributed by atoms with Crippen LogP contribution in [0.25, 0.3) is 0 Å². The van der Waals surface area contributed by atoms with Gasteiger partial charge in [0.1, 0.15) is 24.4 Å². The lowest BCUT2D eigenvalue weighted by atomic mass is 10.0. The van der Waals surface area contributed by atoms with Crippen molar-refractivity contribution in [2.45, 2.75) is 128 Å². The van der Waals surface area contributed by atoms with Crippen LogP contribution in [0.4, 0.5) is 4.79 Å². The Morgan fingerprint density at radius 2 is 1.09 bits per heavy atom. The van der Waals surface area contributed by atoms with Crippen LogP contribution in [-0.4, -0.2) is 87.6 Å². The van der Waals surface area contributed by atoms with Crippen LogP contribution in [0.5, 0.6) is 0 Å². The van der Waals surface area contributed by atoms with E-state index in [1.165, 1.54) is 95.4 Å². The normalized spacial score (nSPS) is 15.1. The molecule has 198 valence electrons. The zero-order chi connectivity index (χ0) is 24.9. The Bertz CT molecular complexity index is 455. The van der Waals surface area contributed by atoms with Gasteiger partial charge in [0.15, 0.2) is 0 Å². The van der Waals surface area contributed by atoms with Crippen molar-refractivity contribution in [2.24, 2.45) is 0 Å². The van der Waals surface area contributed by atoms with Crippen LogP contribution in [0, 0.1) is 0 Å². The molecule has 0 bridgehead atoms. The van der Waals surface area contributed by atoms with E-state index >= 15 is 0 Å². The number of aliphatic hydroxyl groups excluding tert-OH is 5. The van der Waals surface area contributed by atoms with E-state index in [1.807, 2.05) is 0 Å². The summed E-state index contributed by atoms with van der Waals surface area (Å²) in [6, 6.07) is -0.371. The summed E-state index contributed by atoms with van der Waals surface area (Å²) in [5.41, 5.74) is 0. The van der Waals surface area contributed by atoms with Crippen molar-refractivity contribution in [3.8, 4) is 0 Å². The second-order valence-electron chi connectivity index (χ2n) is 9.36. The van der Waals surface area contributed by atoms with Crippen LogP contribution < -0.4 is 5.32 Å². The molecule has 0 rings (SSSR count). The zero-order valence-corrected chi connectivity index (χ0v) is 21.1. The van der Waals surface area contributed by atoms with Crippen molar-refractivity contribution in [3.05, 3.63) is 0 Å². The van der Waals surface area contributed by atoms with Crippen LogP contribution in [-0.2, 0) is 0 Å². The van der Waals surface area contributed by atoms with Crippen molar-refractivity contribution in [2.75, 3.05) is 26.7 Å². The molecule has 4 unspecified atom stereocenters. The second kappa shape index (κ2) is 21.6. The first-order chi connectivity index (χ1) is 15.8. The van der Waals surface area contributed by atoms with E-state index in [4.69, 9.17) is 5.11 Å². The lowest BCUT2D eigenvalue weighted by Crippen LogP contribution is -2.51. The van der Waals surface area contributed by atoms with Crippen LogP contribution in [0.2, 0.25) is 0 Å². The Balaban J connectivity index is 3.59. The number of urea groups is 1. The highest BCUT2D eigenvalue weighted by atomic mass is 16.4. The van der Waals surface area contributed by atoms with Gasteiger partial charge >= 0.3 is 6.03 Å². The molecule has 0 aliphatic rings. The van der Waals surface area contributed by atoms with Gasteiger partial charge in [0.05, 0.1) is 13.2 Å². The molecule has 0 saturated heterocycles. The van der Waals surface area contributed by atoms with Crippen LogP contribution in [0.15, 0.2) is 0 Å². The maximum absolute atomic E-state index is 12.1. The molecule has 0 spiro atoms. The van der Waals surface area contributed by atoms with E-state index in [9.17, 15) is 25.2 Å². The number of hydrogen-bond donors (Lipinski definition) is 6. The van der Waals surface area contributed by atoms with Crippen molar-refractivity contribution < 1.29 is 30.3 Å². The highest BCUT2D eigenvalue weighted by Crippen LogP contribution is 2.13. The summed E-state index contributed by atoms with van der Waals surface area (Å²) in [4.78, 5) is 13.3. The monoisotopic (exact) mass is 476 g/mol. The molecule has 8 nitrogen and oxygen atoms in total. The number of hydrogen-bond acceptors (Lipinski definition) is 6. The van der Waals surface area contributed by atoms with Crippen LogP contribution in [0.3, 0.4) is 0 Å². The van der Waals surface area contributed by atoms with Gasteiger partial charge in [-0.25, -0.2) is 4.79 Å². The van der Waals surface area contributed by atoms with Crippen molar-refractivity contribution >= 4 is 6.03 Å². The quantitative estimate of drug-likeness (QED) is 0.133. The third-order valence-corrected chi connectivity index (χ3v) is 6.19. The molecule has 6 N–H and O–H groups in total. The summed E-state index contributed by atoms with van der Waals surface area (Å²) in [5.74, 6) is 0. The number of nitrogens with one attached hydrogen (secondary N) is 1. The van der Waals surface area contributed by atoms with E-state index in [2.05, 4.69) is 12.2 Å². The summed E-state index contributed by atoms with van der Waals surface area (Å²) in [5, 5.41) is 50.3. The molecule has 0 heterocycles. The van der Waals surface area contributed by atoms with Gasteiger partial charge < -0.3 is 35.7 Å². The molecule has 0 radical (unpaired) electrons. The highest BCUT2D eigenvalue weighted by Gasteiger charge is 2.31.